The van der Waals surface area contributed by atoms with Gasteiger partial charge < -0.3 is 4.74 Å². The fourth-order valence-corrected chi connectivity index (χ4v) is 3.54. The second kappa shape index (κ2) is 9.07. The molecule has 30 heavy (non-hydrogen) atoms. The number of imidazole rings is 1. The number of hydrogen-bond donors (Lipinski definition) is 0. The van der Waals surface area contributed by atoms with Gasteiger partial charge in [-0.25, -0.2) is 9.37 Å². The lowest BCUT2D eigenvalue weighted by Crippen LogP contribution is -2.33. The first-order chi connectivity index (χ1) is 14.4. The van der Waals surface area contributed by atoms with Gasteiger partial charge in [0.1, 0.15) is 11.6 Å². The second-order valence-electron chi connectivity index (χ2n) is 7.22. The summed E-state index contributed by atoms with van der Waals surface area (Å²) in [4.78, 5) is 31.4. The summed E-state index contributed by atoms with van der Waals surface area (Å²) < 4.78 is 20.6. The minimum atomic E-state index is -0.398. The zero-order valence-corrected chi connectivity index (χ0v) is 17.7. The summed E-state index contributed by atoms with van der Waals surface area (Å²) in [5.74, 6) is 0.449. The lowest BCUT2D eigenvalue weighted by molar-refractivity contribution is -0.122. The van der Waals surface area contributed by atoms with E-state index >= 15 is 0 Å². The minimum absolute atomic E-state index is 0.0442. The smallest absolute Gasteiger partial charge is 0.230 e. The summed E-state index contributed by atoms with van der Waals surface area (Å²) in [6.45, 7) is 5.65. The van der Waals surface area contributed by atoms with Gasteiger partial charge in [-0.2, -0.15) is 0 Å². The summed E-state index contributed by atoms with van der Waals surface area (Å²) >= 11 is 0. The van der Waals surface area contributed by atoms with Crippen LogP contribution in [0, 0.1) is 18.7 Å². The van der Waals surface area contributed by atoms with Crippen molar-refractivity contribution in [3.05, 3.63) is 59.7 Å². The van der Waals surface area contributed by atoms with Gasteiger partial charge in [-0.1, -0.05) is 13.8 Å². The Morgan fingerprint density at radius 1 is 1.17 bits per heavy atom. The first kappa shape index (κ1) is 21.5. The average molecular weight is 411 g/mol. The molecular weight excluding hydrogens is 385 g/mol. The molecule has 0 atom stereocenters. The van der Waals surface area contributed by atoms with E-state index in [0.717, 1.165) is 12.8 Å². The molecule has 1 amide bonds. The molecule has 3 aromatic rings. The van der Waals surface area contributed by atoms with E-state index in [2.05, 4.69) is 4.98 Å². The fraction of sp³-hybridized carbons (Fsp3) is 0.348. The van der Waals surface area contributed by atoms with Crippen LogP contribution in [-0.2, 0) is 4.79 Å². The standard InChI is InChI=1S/C23H26FN3O3/c1-5-16(6-2)23(29)26(4)22-15(3)25-21-20(8-7-13-27(21)22)30-14-19(28)17-9-11-18(24)12-10-17/h7-13,16H,5-6,14H2,1-4H3. The van der Waals surface area contributed by atoms with E-state index in [4.69, 9.17) is 4.74 Å². The Balaban J connectivity index is 1.86. The van der Waals surface area contributed by atoms with Crippen LogP contribution in [0.2, 0.25) is 0 Å². The largest absolute Gasteiger partial charge is 0.482 e. The van der Waals surface area contributed by atoms with Gasteiger partial charge in [-0.3, -0.25) is 18.9 Å². The molecule has 0 saturated heterocycles. The van der Waals surface area contributed by atoms with Gasteiger partial charge >= 0.3 is 0 Å². The van der Waals surface area contributed by atoms with Crippen LogP contribution in [0.5, 0.6) is 5.75 Å². The molecule has 6 nitrogen and oxygen atoms in total. The van der Waals surface area contributed by atoms with Gasteiger partial charge in [0.25, 0.3) is 0 Å². The summed E-state index contributed by atoms with van der Waals surface area (Å²) in [5, 5.41) is 0. The molecule has 0 saturated carbocycles. The van der Waals surface area contributed by atoms with Crippen molar-refractivity contribution in [1.29, 1.82) is 0 Å². The highest BCUT2D eigenvalue weighted by Crippen LogP contribution is 2.28. The highest BCUT2D eigenvalue weighted by atomic mass is 19.1. The van der Waals surface area contributed by atoms with Crippen LogP contribution in [-0.4, -0.2) is 34.7 Å². The molecule has 2 aromatic heterocycles. The maximum atomic E-state index is 13.1. The summed E-state index contributed by atoms with van der Waals surface area (Å²) in [6.07, 6.45) is 3.36. The zero-order valence-electron chi connectivity index (χ0n) is 17.7. The topological polar surface area (TPSA) is 63.9 Å². The van der Waals surface area contributed by atoms with E-state index in [1.54, 1.807) is 28.5 Å². The molecule has 2 heterocycles. The SMILES string of the molecule is CCC(CC)C(=O)N(C)c1c(C)nc2c(OCC(=O)c3ccc(F)cc3)cccn12. The number of pyridine rings is 1. The van der Waals surface area contributed by atoms with Crippen molar-refractivity contribution in [2.45, 2.75) is 33.6 Å². The average Bonchev–Trinajstić information content (AvgIpc) is 3.09. The number of Topliss-reactive ketones (excluding diaryl/α,β-unsaturated/α-hetero) is 1. The first-order valence-corrected chi connectivity index (χ1v) is 10.0. The maximum Gasteiger partial charge on any atom is 0.230 e. The number of carbonyl (C=O) groups excluding carboxylic acids is 2. The molecule has 0 unspecified atom stereocenters. The number of halogens is 1. The number of amides is 1. The number of nitrogens with zero attached hydrogens (tertiary/aromatic N) is 3. The molecule has 0 aliphatic heterocycles. The molecule has 0 spiro atoms. The van der Waals surface area contributed by atoms with Crippen LogP contribution < -0.4 is 9.64 Å². The van der Waals surface area contributed by atoms with Gasteiger partial charge in [0.2, 0.25) is 5.91 Å². The number of carbonyl (C=O) groups is 2. The third kappa shape index (κ3) is 4.20. The van der Waals surface area contributed by atoms with E-state index in [1.807, 2.05) is 27.0 Å². The number of ether oxygens (including phenoxy) is 1. The molecule has 158 valence electrons. The Labute approximate surface area is 175 Å². The van der Waals surface area contributed by atoms with E-state index in [9.17, 15) is 14.0 Å². The van der Waals surface area contributed by atoms with Crippen molar-refractivity contribution in [3.63, 3.8) is 0 Å². The summed E-state index contributed by atoms with van der Waals surface area (Å²) in [7, 11) is 1.75. The Morgan fingerprint density at radius 2 is 1.83 bits per heavy atom. The number of anilines is 1. The van der Waals surface area contributed by atoms with Gasteiger partial charge in [-0.05, 0) is 56.2 Å². The number of hydrogen-bond acceptors (Lipinski definition) is 4. The number of ketones is 1. The zero-order chi connectivity index (χ0) is 21.8. The highest BCUT2D eigenvalue weighted by Gasteiger charge is 2.24. The van der Waals surface area contributed by atoms with E-state index in [-0.39, 0.29) is 24.2 Å². The molecule has 0 aliphatic rings. The van der Waals surface area contributed by atoms with Crippen LogP contribution in [0.4, 0.5) is 10.2 Å². The van der Waals surface area contributed by atoms with Gasteiger partial charge in [0.15, 0.2) is 23.8 Å². The van der Waals surface area contributed by atoms with Crippen LogP contribution >= 0.6 is 0 Å². The normalized spacial score (nSPS) is 11.1. The molecule has 0 radical (unpaired) electrons. The lowest BCUT2D eigenvalue weighted by Gasteiger charge is -2.22. The van der Waals surface area contributed by atoms with Crippen molar-refractivity contribution in [2.24, 2.45) is 5.92 Å². The highest BCUT2D eigenvalue weighted by molar-refractivity contribution is 5.97. The van der Waals surface area contributed by atoms with Crippen LogP contribution in [0.15, 0.2) is 42.6 Å². The van der Waals surface area contributed by atoms with Crippen LogP contribution in [0.3, 0.4) is 0 Å². The molecule has 0 bridgehead atoms. The van der Waals surface area contributed by atoms with Crippen molar-refractivity contribution in [1.82, 2.24) is 9.38 Å². The third-order valence-electron chi connectivity index (χ3n) is 5.26. The van der Waals surface area contributed by atoms with Crippen LogP contribution in [0.25, 0.3) is 5.65 Å². The third-order valence-corrected chi connectivity index (χ3v) is 5.26. The number of aryl methyl sites for hydroxylation is 1. The van der Waals surface area contributed by atoms with Crippen molar-refractivity contribution in [3.8, 4) is 5.75 Å². The molecular formula is C23H26FN3O3. The summed E-state index contributed by atoms with van der Waals surface area (Å²) in [5.41, 5.74) is 1.60. The van der Waals surface area contributed by atoms with E-state index < -0.39 is 5.82 Å². The Hall–Kier alpha value is -3.22. The molecule has 0 fully saturated rings. The fourth-order valence-electron chi connectivity index (χ4n) is 3.54. The second-order valence-corrected chi connectivity index (χ2v) is 7.22. The lowest BCUT2D eigenvalue weighted by atomic mass is 10.0. The minimum Gasteiger partial charge on any atom is -0.482 e. The predicted octanol–water partition coefficient (Wildman–Crippen LogP) is 4.44. The predicted molar refractivity (Wildman–Crippen MR) is 114 cm³/mol. The molecule has 3 rings (SSSR count). The van der Waals surface area contributed by atoms with Crippen LogP contribution in [0.1, 0.15) is 42.7 Å². The van der Waals surface area contributed by atoms with Crippen molar-refractivity contribution >= 4 is 23.2 Å². The maximum absolute atomic E-state index is 13.1. The van der Waals surface area contributed by atoms with Crippen molar-refractivity contribution in [2.75, 3.05) is 18.6 Å². The molecule has 0 N–H and O–H groups in total. The van der Waals surface area contributed by atoms with E-state index in [1.165, 1.54) is 24.3 Å². The Kier molecular flexibility index (Phi) is 6.50. The number of rotatable bonds is 8. The van der Waals surface area contributed by atoms with Gasteiger partial charge in [0.05, 0.1) is 5.69 Å². The number of aromatic nitrogens is 2. The molecule has 1 aromatic carbocycles. The van der Waals surface area contributed by atoms with Crippen molar-refractivity contribution < 1.29 is 18.7 Å². The monoisotopic (exact) mass is 411 g/mol. The summed E-state index contributed by atoms with van der Waals surface area (Å²) in [6, 6.07) is 8.85. The first-order valence-electron chi connectivity index (χ1n) is 10.0. The molecule has 0 aliphatic carbocycles. The molecule has 7 heteroatoms. The number of benzene rings is 1. The number of fused-ring (bicyclic) bond motifs is 1. The van der Waals surface area contributed by atoms with Gasteiger partial charge in [-0.15, -0.1) is 0 Å². The van der Waals surface area contributed by atoms with Gasteiger partial charge in [0, 0.05) is 24.7 Å². The quantitative estimate of drug-likeness (QED) is 0.514. The van der Waals surface area contributed by atoms with E-state index in [0.29, 0.717) is 28.5 Å². The Bertz CT molecular complexity index is 1060. The Morgan fingerprint density at radius 3 is 2.47 bits per heavy atom.